The van der Waals surface area contributed by atoms with E-state index >= 15 is 0 Å². The highest BCUT2D eigenvalue weighted by Crippen LogP contribution is 2.24. The summed E-state index contributed by atoms with van der Waals surface area (Å²) in [7, 11) is 0. The topological polar surface area (TPSA) is 68.1 Å². The minimum absolute atomic E-state index is 0.597. The summed E-state index contributed by atoms with van der Waals surface area (Å²) in [6, 6.07) is 0.921. The zero-order valence-electron chi connectivity index (χ0n) is 6.18. The van der Waals surface area contributed by atoms with Gasteiger partial charge in [-0.15, -0.1) is 13.2 Å². The second-order valence-electron chi connectivity index (χ2n) is 2.13. The second-order valence-corrected chi connectivity index (χ2v) is 2.13. The molecule has 0 unspecified atom stereocenters. The Kier molecular flexibility index (Phi) is 2.18. The first-order valence-electron chi connectivity index (χ1n) is 3.13. The number of anilines is 1. The predicted molar refractivity (Wildman–Crippen MR) is 38.2 cm³/mol. The minimum Gasteiger partial charge on any atom is -0.403 e. The minimum atomic E-state index is -4.85. The van der Waals surface area contributed by atoms with E-state index < -0.39 is 23.4 Å². The maximum atomic E-state index is 11.7. The van der Waals surface area contributed by atoms with Crippen LogP contribution in [0.25, 0.3) is 0 Å². The number of aromatic nitrogens is 1. The maximum Gasteiger partial charge on any atom is 0.573 e. The number of nitrogens with two attached hydrogens (primary N) is 1. The molecule has 72 valence electrons. The Morgan fingerprint density at radius 2 is 2.08 bits per heavy atom. The van der Waals surface area contributed by atoms with Crippen LogP contribution in [0.2, 0.25) is 0 Å². The molecule has 0 bridgehead atoms. The van der Waals surface area contributed by atoms with Crippen LogP contribution in [0.1, 0.15) is 0 Å². The lowest BCUT2D eigenvalue weighted by molar-refractivity contribution is -0.274. The molecule has 0 saturated heterocycles. The number of hydrogen-bond acceptors (Lipinski definition) is 3. The summed E-state index contributed by atoms with van der Waals surface area (Å²) in [5.41, 5.74) is 3.61. The van der Waals surface area contributed by atoms with Crippen molar-refractivity contribution in [1.82, 2.24) is 4.98 Å². The molecule has 1 heterocycles. The highest BCUT2D eigenvalue weighted by molar-refractivity contribution is 5.49. The Morgan fingerprint density at radius 1 is 1.46 bits per heavy atom. The molecule has 0 aliphatic heterocycles. The Bertz CT molecular complexity index is 358. The first kappa shape index (κ1) is 9.43. The molecule has 3 N–H and O–H groups in total. The summed E-state index contributed by atoms with van der Waals surface area (Å²) in [5, 5.41) is 0. The van der Waals surface area contributed by atoms with Gasteiger partial charge < -0.3 is 15.5 Å². The molecule has 1 aromatic heterocycles. The monoisotopic (exact) mass is 194 g/mol. The number of hydrogen-bond donors (Lipinski definition) is 2. The molecule has 0 spiro atoms. The van der Waals surface area contributed by atoms with E-state index in [2.05, 4.69) is 9.72 Å². The number of nitrogens with one attached hydrogen (secondary N) is 1. The lowest BCUT2D eigenvalue weighted by Gasteiger charge is -2.09. The van der Waals surface area contributed by atoms with Crippen molar-refractivity contribution in [3.8, 4) is 5.75 Å². The second kappa shape index (κ2) is 3.00. The zero-order valence-corrected chi connectivity index (χ0v) is 6.18. The van der Waals surface area contributed by atoms with Gasteiger partial charge in [0.15, 0.2) is 5.75 Å². The smallest absolute Gasteiger partial charge is 0.403 e. The number of halogens is 3. The Balaban J connectivity index is 3.03. The van der Waals surface area contributed by atoms with Crippen LogP contribution in [0.3, 0.4) is 0 Å². The summed E-state index contributed by atoms with van der Waals surface area (Å²) < 4.78 is 38.5. The van der Waals surface area contributed by atoms with Crippen molar-refractivity contribution in [2.24, 2.45) is 0 Å². The van der Waals surface area contributed by atoms with Crippen molar-refractivity contribution in [3.05, 3.63) is 22.6 Å². The van der Waals surface area contributed by atoms with Gasteiger partial charge in [0.05, 0.1) is 0 Å². The molecule has 0 radical (unpaired) electrons. The zero-order chi connectivity index (χ0) is 10.1. The molecule has 4 nitrogen and oxygen atoms in total. The molecule has 0 fully saturated rings. The third-order valence-corrected chi connectivity index (χ3v) is 1.18. The van der Waals surface area contributed by atoms with Crippen LogP contribution >= 0.6 is 0 Å². The number of H-pyrrole nitrogens is 1. The quantitative estimate of drug-likeness (QED) is 0.696. The molecule has 0 atom stereocenters. The van der Waals surface area contributed by atoms with Crippen molar-refractivity contribution < 1.29 is 17.9 Å². The molecule has 7 heteroatoms. The molecule has 1 rings (SSSR count). The van der Waals surface area contributed by atoms with Crippen LogP contribution in [-0.2, 0) is 0 Å². The Labute approximate surface area is 70.1 Å². The number of pyridine rings is 1. The van der Waals surface area contributed by atoms with E-state index in [9.17, 15) is 18.0 Å². The molecule has 0 aliphatic carbocycles. The molecule has 0 aromatic carbocycles. The first-order chi connectivity index (χ1) is 5.90. The van der Waals surface area contributed by atoms with E-state index in [4.69, 9.17) is 5.73 Å². The van der Waals surface area contributed by atoms with E-state index in [-0.39, 0.29) is 0 Å². The summed E-state index contributed by atoms with van der Waals surface area (Å²) in [6.07, 6.45) is -3.83. The van der Waals surface area contributed by atoms with Crippen LogP contribution in [0, 0.1) is 0 Å². The fourth-order valence-electron chi connectivity index (χ4n) is 0.686. The molecule has 1 aromatic rings. The van der Waals surface area contributed by atoms with Gasteiger partial charge in [-0.05, 0) is 6.07 Å². The van der Waals surface area contributed by atoms with Crippen LogP contribution in [-0.4, -0.2) is 11.3 Å². The third kappa shape index (κ3) is 2.39. The van der Waals surface area contributed by atoms with E-state index in [0.717, 1.165) is 12.3 Å². The van der Waals surface area contributed by atoms with Gasteiger partial charge >= 0.3 is 6.36 Å². The van der Waals surface area contributed by atoms with Gasteiger partial charge in [0.1, 0.15) is 5.69 Å². The van der Waals surface area contributed by atoms with Gasteiger partial charge in [0, 0.05) is 6.20 Å². The van der Waals surface area contributed by atoms with Gasteiger partial charge in [-0.3, -0.25) is 4.79 Å². The fourth-order valence-corrected chi connectivity index (χ4v) is 0.686. The number of ether oxygens (including phenoxy) is 1. The SMILES string of the molecule is Nc1c(OC(F)(F)F)cc[nH]c1=O. The summed E-state index contributed by atoms with van der Waals surface area (Å²) >= 11 is 0. The molecule has 0 aliphatic rings. The molecule has 0 amide bonds. The van der Waals surface area contributed by atoms with Gasteiger partial charge in [-0.25, -0.2) is 0 Å². The standard InChI is InChI=1S/C6H5F3N2O2/c7-6(8,9)13-3-1-2-11-5(12)4(3)10/h1-2H,10H2,(H,11,12). The normalized spacial score (nSPS) is 11.3. The molecule has 13 heavy (non-hydrogen) atoms. The van der Waals surface area contributed by atoms with Gasteiger partial charge in [-0.1, -0.05) is 0 Å². The Hall–Kier alpha value is -1.66. The molecular weight excluding hydrogens is 189 g/mol. The van der Waals surface area contributed by atoms with Gasteiger partial charge in [0.2, 0.25) is 0 Å². The van der Waals surface area contributed by atoms with Crippen molar-refractivity contribution in [2.75, 3.05) is 5.73 Å². The van der Waals surface area contributed by atoms with Crippen LogP contribution in [0.5, 0.6) is 5.75 Å². The lowest BCUT2D eigenvalue weighted by Crippen LogP contribution is -2.21. The maximum absolute atomic E-state index is 11.7. The van der Waals surface area contributed by atoms with Crippen molar-refractivity contribution in [1.29, 1.82) is 0 Å². The third-order valence-electron chi connectivity index (χ3n) is 1.18. The highest BCUT2D eigenvalue weighted by Gasteiger charge is 2.32. The molecular formula is C6H5F3N2O2. The average molecular weight is 194 g/mol. The van der Waals surface area contributed by atoms with E-state index in [0.29, 0.717) is 0 Å². The molecule has 0 saturated carbocycles. The number of alkyl halides is 3. The summed E-state index contributed by atoms with van der Waals surface area (Å²) in [6.45, 7) is 0. The van der Waals surface area contributed by atoms with E-state index in [1.807, 2.05) is 0 Å². The fraction of sp³-hybridized carbons (Fsp3) is 0.167. The number of aromatic amines is 1. The Morgan fingerprint density at radius 3 is 2.62 bits per heavy atom. The van der Waals surface area contributed by atoms with Crippen molar-refractivity contribution >= 4 is 5.69 Å². The average Bonchev–Trinajstić information content (AvgIpc) is 1.96. The number of nitrogen functional groups attached to an aromatic ring is 1. The first-order valence-corrected chi connectivity index (χ1v) is 3.13. The van der Waals surface area contributed by atoms with Crippen LogP contribution in [0.15, 0.2) is 17.1 Å². The van der Waals surface area contributed by atoms with Gasteiger partial charge in [0.25, 0.3) is 5.56 Å². The van der Waals surface area contributed by atoms with E-state index in [1.165, 1.54) is 0 Å². The highest BCUT2D eigenvalue weighted by atomic mass is 19.4. The van der Waals surface area contributed by atoms with Crippen molar-refractivity contribution in [3.63, 3.8) is 0 Å². The summed E-state index contributed by atoms with van der Waals surface area (Å²) in [5.74, 6) is -0.698. The predicted octanol–water partition coefficient (Wildman–Crippen LogP) is 0.856. The number of rotatable bonds is 1. The van der Waals surface area contributed by atoms with Crippen molar-refractivity contribution in [2.45, 2.75) is 6.36 Å². The van der Waals surface area contributed by atoms with E-state index in [1.54, 1.807) is 0 Å². The largest absolute Gasteiger partial charge is 0.573 e. The lowest BCUT2D eigenvalue weighted by atomic mass is 10.4. The van der Waals surface area contributed by atoms with Gasteiger partial charge in [-0.2, -0.15) is 0 Å². The van der Waals surface area contributed by atoms with Crippen LogP contribution in [0.4, 0.5) is 18.9 Å². The summed E-state index contributed by atoms with van der Waals surface area (Å²) in [4.78, 5) is 12.8. The van der Waals surface area contributed by atoms with Crippen LogP contribution < -0.4 is 16.0 Å².